The topological polar surface area (TPSA) is 12.0 Å². The molecular formula is C16H15BrClF2N. The summed E-state index contributed by atoms with van der Waals surface area (Å²) in [5, 5.41) is 3.93. The third-order valence-corrected chi connectivity index (χ3v) is 4.39. The summed E-state index contributed by atoms with van der Waals surface area (Å²) in [7, 11) is 0. The largest absolute Gasteiger partial charge is 0.310 e. The van der Waals surface area contributed by atoms with Gasteiger partial charge < -0.3 is 5.32 Å². The average molecular weight is 375 g/mol. The highest BCUT2D eigenvalue weighted by atomic mass is 79.9. The van der Waals surface area contributed by atoms with Gasteiger partial charge in [0.2, 0.25) is 0 Å². The fourth-order valence-electron chi connectivity index (χ4n) is 2.25. The van der Waals surface area contributed by atoms with Crippen molar-refractivity contribution in [3.63, 3.8) is 0 Å². The van der Waals surface area contributed by atoms with Crippen molar-refractivity contribution in [1.82, 2.24) is 5.32 Å². The van der Waals surface area contributed by atoms with Crippen LogP contribution in [-0.2, 0) is 6.42 Å². The molecule has 1 unspecified atom stereocenters. The Hall–Kier alpha value is -0.970. The van der Waals surface area contributed by atoms with Crippen molar-refractivity contribution in [2.45, 2.75) is 19.4 Å². The van der Waals surface area contributed by atoms with E-state index in [2.05, 4.69) is 21.2 Å². The first-order valence-electron chi connectivity index (χ1n) is 6.63. The van der Waals surface area contributed by atoms with Crippen LogP contribution in [-0.4, -0.2) is 6.54 Å². The number of hydrogen-bond acceptors (Lipinski definition) is 1. The Bertz CT molecular complexity index is 613. The van der Waals surface area contributed by atoms with Gasteiger partial charge in [-0.15, -0.1) is 0 Å². The van der Waals surface area contributed by atoms with Crippen molar-refractivity contribution >= 4 is 27.5 Å². The summed E-state index contributed by atoms with van der Waals surface area (Å²) in [5.74, 6) is -1.12. The summed E-state index contributed by atoms with van der Waals surface area (Å²) in [6.45, 7) is 2.73. The van der Waals surface area contributed by atoms with Gasteiger partial charge in [-0.1, -0.05) is 24.6 Å². The van der Waals surface area contributed by atoms with Gasteiger partial charge in [0.25, 0.3) is 0 Å². The number of hydrogen-bond donors (Lipinski definition) is 1. The molecule has 5 heteroatoms. The number of likely N-dealkylation sites (N-methyl/N-ethyl adjacent to an activating group) is 1. The lowest BCUT2D eigenvalue weighted by Gasteiger charge is -2.19. The summed E-state index contributed by atoms with van der Waals surface area (Å²) >= 11 is 9.47. The molecule has 0 saturated carbocycles. The van der Waals surface area contributed by atoms with E-state index in [4.69, 9.17) is 11.6 Å². The highest BCUT2D eigenvalue weighted by molar-refractivity contribution is 9.10. The van der Waals surface area contributed by atoms with E-state index < -0.39 is 11.6 Å². The van der Waals surface area contributed by atoms with E-state index in [1.54, 1.807) is 0 Å². The molecule has 0 aromatic heterocycles. The van der Waals surface area contributed by atoms with E-state index in [1.807, 2.05) is 25.1 Å². The fraction of sp³-hybridized carbons (Fsp3) is 0.250. The van der Waals surface area contributed by atoms with E-state index in [1.165, 1.54) is 12.1 Å². The predicted molar refractivity (Wildman–Crippen MR) is 85.6 cm³/mol. The number of benzene rings is 2. The zero-order valence-electron chi connectivity index (χ0n) is 11.5. The van der Waals surface area contributed by atoms with Crippen LogP contribution in [0.3, 0.4) is 0 Å². The number of halogens is 4. The summed E-state index contributed by atoms with van der Waals surface area (Å²) in [6.07, 6.45) is 0.487. The van der Waals surface area contributed by atoms with Crippen LogP contribution in [0.25, 0.3) is 0 Å². The Balaban J connectivity index is 2.27. The van der Waals surface area contributed by atoms with Crippen molar-refractivity contribution in [3.8, 4) is 0 Å². The van der Waals surface area contributed by atoms with Crippen LogP contribution in [0.4, 0.5) is 8.78 Å². The fourth-order valence-corrected chi connectivity index (χ4v) is 2.68. The molecule has 0 amide bonds. The maximum absolute atomic E-state index is 13.3. The van der Waals surface area contributed by atoms with Crippen molar-refractivity contribution in [2.24, 2.45) is 0 Å². The standard InChI is InChI=1S/C16H15BrClF2N/c1-2-21-16(11-3-4-14(17)15(18)8-11)7-10-5-12(19)9-13(20)6-10/h3-6,8-9,16,21H,2,7H2,1H3. The molecule has 0 aliphatic rings. The Labute approximate surface area is 136 Å². The van der Waals surface area contributed by atoms with Gasteiger partial charge in [-0.2, -0.15) is 0 Å². The second kappa shape index (κ2) is 7.34. The maximum Gasteiger partial charge on any atom is 0.126 e. The molecule has 2 aromatic carbocycles. The summed E-state index contributed by atoms with van der Waals surface area (Å²) in [5.41, 5.74) is 1.59. The van der Waals surface area contributed by atoms with Crippen LogP contribution >= 0.6 is 27.5 Å². The summed E-state index contributed by atoms with van der Waals surface area (Å²) in [4.78, 5) is 0. The molecule has 0 spiro atoms. The van der Waals surface area contributed by atoms with Gasteiger partial charge in [0, 0.05) is 16.6 Å². The van der Waals surface area contributed by atoms with Gasteiger partial charge in [0.05, 0.1) is 5.02 Å². The molecule has 0 aliphatic carbocycles. The molecule has 0 aliphatic heterocycles. The highest BCUT2D eigenvalue weighted by Gasteiger charge is 2.14. The molecule has 2 aromatic rings. The van der Waals surface area contributed by atoms with Crippen molar-refractivity contribution < 1.29 is 8.78 Å². The van der Waals surface area contributed by atoms with Crippen LogP contribution in [0, 0.1) is 11.6 Å². The maximum atomic E-state index is 13.3. The molecule has 0 heterocycles. The lowest BCUT2D eigenvalue weighted by Crippen LogP contribution is -2.23. The molecular weight excluding hydrogens is 360 g/mol. The molecule has 2 rings (SSSR count). The minimum atomic E-state index is -0.561. The monoisotopic (exact) mass is 373 g/mol. The number of rotatable bonds is 5. The Morgan fingerprint density at radius 3 is 2.38 bits per heavy atom. The smallest absolute Gasteiger partial charge is 0.126 e. The predicted octanol–water partition coefficient (Wildman–Crippen LogP) is 5.27. The van der Waals surface area contributed by atoms with E-state index in [9.17, 15) is 8.78 Å². The zero-order chi connectivity index (χ0) is 15.4. The minimum Gasteiger partial charge on any atom is -0.310 e. The molecule has 1 N–H and O–H groups in total. The third-order valence-electron chi connectivity index (χ3n) is 3.16. The highest BCUT2D eigenvalue weighted by Crippen LogP contribution is 2.28. The first kappa shape index (κ1) is 16.4. The second-order valence-corrected chi connectivity index (χ2v) is 6.03. The lowest BCUT2D eigenvalue weighted by atomic mass is 9.98. The van der Waals surface area contributed by atoms with Crippen LogP contribution < -0.4 is 5.32 Å². The van der Waals surface area contributed by atoms with Crippen molar-refractivity contribution in [2.75, 3.05) is 6.54 Å². The summed E-state index contributed by atoms with van der Waals surface area (Å²) < 4.78 is 27.4. The van der Waals surface area contributed by atoms with E-state index in [-0.39, 0.29) is 6.04 Å². The molecule has 0 fully saturated rings. The van der Waals surface area contributed by atoms with Gasteiger partial charge >= 0.3 is 0 Å². The third kappa shape index (κ3) is 4.50. The normalized spacial score (nSPS) is 12.4. The Morgan fingerprint density at radius 1 is 1.14 bits per heavy atom. The van der Waals surface area contributed by atoms with Crippen molar-refractivity contribution in [1.29, 1.82) is 0 Å². The van der Waals surface area contributed by atoms with Gasteiger partial charge in [0.15, 0.2) is 0 Å². The number of nitrogens with one attached hydrogen (secondary N) is 1. The second-order valence-electron chi connectivity index (χ2n) is 4.77. The minimum absolute atomic E-state index is 0.0539. The molecule has 0 saturated heterocycles. The first-order valence-corrected chi connectivity index (χ1v) is 7.80. The molecule has 21 heavy (non-hydrogen) atoms. The average Bonchev–Trinajstić information content (AvgIpc) is 2.40. The molecule has 1 atom stereocenters. The first-order chi connectivity index (χ1) is 9.99. The van der Waals surface area contributed by atoms with E-state index in [0.29, 0.717) is 17.0 Å². The van der Waals surface area contributed by atoms with Gasteiger partial charge in [-0.3, -0.25) is 0 Å². The molecule has 0 radical (unpaired) electrons. The van der Waals surface area contributed by atoms with Crippen LogP contribution in [0.15, 0.2) is 40.9 Å². The Morgan fingerprint density at radius 2 is 1.81 bits per heavy atom. The summed E-state index contributed by atoms with van der Waals surface area (Å²) in [6, 6.07) is 9.20. The van der Waals surface area contributed by atoms with Crippen LogP contribution in [0.2, 0.25) is 5.02 Å². The lowest BCUT2D eigenvalue weighted by molar-refractivity contribution is 0.539. The molecule has 1 nitrogen and oxygen atoms in total. The van der Waals surface area contributed by atoms with Gasteiger partial charge in [-0.05, 0) is 64.3 Å². The quantitative estimate of drug-likeness (QED) is 0.751. The zero-order valence-corrected chi connectivity index (χ0v) is 13.8. The molecule has 0 bridgehead atoms. The van der Waals surface area contributed by atoms with Gasteiger partial charge in [-0.25, -0.2) is 8.78 Å². The van der Waals surface area contributed by atoms with E-state index in [0.717, 1.165) is 22.6 Å². The van der Waals surface area contributed by atoms with E-state index >= 15 is 0 Å². The van der Waals surface area contributed by atoms with Crippen LogP contribution in [0.5, 0.6) is 0 Å². The van der Waals surface area contributed by atoms with Crippen molar-refractivity contribution in [3.05, 3.63) is 68.7 Å². The van der Waals surface area contributed by atoms with Gasteiger partial charge in [0.1, 0.15) is 11.6 Å². The van der Waals surface area contributed by atoms with Crippen LogP contribution in [0.1, 0.15) is 24.1 Å². The Kier molecular flexibility index (Phi) is 5.73. The molecule has 112 valence electrons. The SMILES string of the molecule is CCNC(Cc1cc(F)cc(F)c1)c1ccc(Br)c(Cl)c1.